The van der Waals surface area contributed by atoms with Crippen molar-refractivity contribution in [3.05, 3.63) is 91.0 Å². The van der Waals surface area contributed by atoms with Gasteiger partial charge in [0, 0.05) is 28.1 Å². The molecule has 0 spiro atoms. The first-order chi connectivity index (χ1) is 13.5. The van der Waals surface area contributed by atoms with Crippen molar-refractivity contribution in [1.82, 2.24) is 0 Å². The van der Waals surface area contributed by atoms with Gasteiger partial charge in [-0.15, -0.1) is 0 Å². The van der Waals surface area contributed by atoms with Gasteiger partial charge in [0.1, 0.15) is 4.90 Å². The van der Waals surface area contributed by atoms with Crippen molar-refractivity contribution in [2.24, 2.45) is 0 Å². The van der Waals surface area contributed by atoms with Crippen molar-refractivity contribution in [1.29, 1.82) is 0 Å². The maximum absolute atomic E-state index is 11.9. The summed E-state index contributed by atoms with van der Waals surface area (Å²) in [6.45, 7) is 0. The molecule has 140 valence electrons. The van der Waals surface area contributed by atoms with Gasteiger partial charge < -0.3 is 10.6 Å². The summed E-state index contributed by atoms with van der Waals surface area (Å²) in [6, 6.07) is 27.7. The van der Waals surface area contributed by atoms with Crippen molar-refractivity contribution in [3.63, 3.8) is 0 Å². The monoisotopic (exact) mass is 390 g/mol. The first kappa shape index (κ1) is 18.0. The number of para-hydroxylation sites is 2. The molecule has 28 heavy (non-hydrogen) atoms. The van der Waals surface area contributed by atoms with E-state index in [9.17, 15) is 13.0 Å². The third-order valence-corrected chi connectivity index (χ3v) is 5.23. The number of hydrogen-bond acceptors (Lipinski definition) is 4. The van der Waals surface area contributed by atoms with E-state index in [2.05, 4.69) is 10.6 Å². The van der Waals surface area contributed by atoms with Crippen LogP contribution in [0.3, 0.4) is 0 Å². The largest absolute Gasteiger partial charge is 0.355 e. The van der Waals surface area contributed by atoms with E-state index in [4.69, 9.17) is 0 Å². The number of rotatable bonds is 5. The minimum Gasteiger partial charge on any atom is -0.355 e. The number of fused-ring (bicyclic) bond motifs is 1. The Balaban J connectivity index is 1.90. The smallest absolute Gasteiger partial charge is 0.295 e. The molecule has 0 saturated carbocycles. The van der Waals surface area contributed by atoms with Crippen LogP contribution in [0.5, 0.6) is 0 Å². The molecule has 0 aromatic heterocycles. The maximum atomic E-state index is 11.9. The second kappa shape index (κ2) is 7.34. The van der Waals surface area contributed by atoms with Crippen LogP contribution in [0.4, 0.5) is 22.7 Å². The molecule has 0 unspecified atom stereocenters. The van der Waals surface area contributed by atoms with Crippen LogP contribution in [0, 0.1) is 0 Å². The molecule has 5 nitrogen and oxygen atoms in total. The van der Waals surface area contributed by atoms with Gasteiger partial charge in [-0.3, -0.25) is 4.55 Å². The van der Waals surface area contributed by atoms with Gasteiger partial charge in [0.2, 0.25) is 0 Å². The standard InChI is InChI=1S/C22H18N2O3S/c25-28(26,27)21-13-7-8-16-14-19(23-17-9-3-1-4-10-17)15-20(22(16)21)24-18-11-5-2-6-12-18/h1-15,23-24H,(H,25,26,27). The van der Waals surface area contributed by atoms with Crippen molar-refractivity contribution < 1.29 is 13.0 Å². The number of benzene rings is 4. The van der Waals surface area contributed by atoms with E-state index in [1.807, 2.05) is 78.9 Å². The number of anilines is 4. The highest BCUT2D eigenvalue weighted by Gasteiger charge is 2.17. The van der Waals surface area contributed by atoms with E-state index in [0.717, 1.165) is 17.1 Å². The van der Waals surface area contributed by atoms with E-state index in [0.29, 0.717) is 16.5 Å². The van der Waals surface area contributed by atoms with Crippen LogP contribution >= 0.6 is 0 Å². The zero-order valence-electron chi connectivity index (χ0n) is 14.8. The number of hydrogen-bond donors (Lipinski definition) is 3. The normalized spacial score (nSPS) is 11.3. The molecule has 0 aliphatic heterocycles. The summed E-state index contributed by atoms with van der Waals surface area (Å²) in [5.74, 6) is 0. The molecule has 0 heterocycles. The van der Waals surface area contributed by atoms with Gasteiger partial charge in [-0.25, -0.2) is 0 Å². The molecule has 0 amide bonds. The topological polar surface area (TPSA) is 78.4 Å². The molecule has 0 aliphatic rings. The van der Waals surface area contributed by atoms with Crippen LogP contribution in [0.25, 0.3) is 10.8 Å². The maximum Gasteiger partial charge on any atom is 0.295 e. The molecule has 0 atom stereocenters. The van der Waals surface area contributed by atoms with Crippen LogP contribution in [-0.2, 0) is 10.1 Å². The predicted molar refractivity (Wildman–Crippen MR) is 113 cm³/mol. The lowest BCUT2D eigenvalue weighted by Crippen LogP contribution is -2.02. The Labute approximate surface area is 163 Å². The van der Waals surface area contributed by atoms with Gasteiger partial charge in [-0.1, -0.05) is 48.5 Å². The molecular weight excluding hydrogens is 372 g/mol. The van der Waals surface area contributed by atoms with E-state index in [1.165, 1.54) is 6.07 Å². The van der Waals surface area contributed by atoms with Gasteiger partial charge in [0.05, 0.1) is 0 Å². The lowest BCUT2D eigenvalue weighted by Gasteiger charge is -2.16. The Bertz CT molecular complexity index is 1220. The molecule has 0 saturated heterocycles. The second-order valence-corrected chi connectivity index (χ2v) is 7.73. The Morgan fingerprint density at radius 3 is 1.86 bits per heavy atom. The molecule has 0 bridgehead atoms. The summed E-state index contributed by atoms with van der Waals surface area (Å²) in [5.41, 5.74) is 3.10. The molecule has 4 aromatic rings. The summed E-state index contributed by atoms with van der Waals surface area (Å²) >= 11 is 0. The summed E-state index contributed by atoms with van der Waals surface area (Å²) in [7, 11) is -4.38. The Morgan fingerprint density at radius 1 is 0.643 bits per heavy atom. The highest BCUT2D eigenvalue weighted by atomic mass is 32.2. The van der Waals surface area contributed by atoms with Gasteiger partial charge >= 0.3 is 0 Å². The lowest BCUT2D eigenvalue weighted by molar-refractivity contribution is 0.484. The SMILES string of the molecule is O=S(=O)(O)c1cccc2cc(Nc3ccccc3)cc(Nc3ccccc3)c12. The van der Waals surface area contributed by atoms with E-state index >= 15 is 0 Å². The third kappa shape index (κ3) is 3.83. The van der Waals surface area contributed by atoms with Crippen LogP contribution < -0.4 is 10.6 Å². The summed E-state index contributed by atoms with van der Waals surface area (Å²) in [5, 5.41) is 7.73. The zero-order chi connectivity index (χ0) is 19.6. The molecule has 0 radical (unpaired) electrons. The van der Waals surface area contributed by atoms with Gasteiger partial charge in [0.15, 0.2) is 0 Å². The van der Waals surface area contributed by atoms with Crippen molar-refractivity contribution >= 4 is 43.6 Å². The first-order valence-electron chi connectivity index (χ1n) is 8.69. The third-order valence-electron chi connectivity index (χ3n) is 4.33. The quantitative estimate of drug-likeness (QED) is 0.388. The van der Waals surface area contributed by atoms with Crippen LogP contribution in [0.15, 0.2) is 95.9 Å². The molecule has 0 fully saturated rings. The van der Waals surface area contributed by atoms with Crippen LogP contribution in [-0.4, -0.2) is 13.0 Å². The van der Waals surface area contributed by atoms with Gasteiger partial charge in [-0.2, -0.15) is 8.42 Å². The predicted octanol–water partition coefficient (Wildman–Crippen LogP) is 5.57. The summed E-state index contributed by atoms with van der Waals surface area (Å²) < 4.78 is 33.6. The van der Waals surface area contributed by atoms with Crippen molar-refractivity contribution in [2.75, 3.05) is 10.6 Å². The Kier molecular flexibility index (Phi) is 4.73. The minimum absolute atomic E-state index is 0.130. The van der Waals surface area contributed by atoms with Gasteiger partial charge in [-0.05, 0) is 47.9 Å². The van der Waals surface area contributed by atoms with Crippen molar-refractivity contribution in [2.45, 2.75) is 4.90 Å². The highest BCUT2D eigenvalue weighted by Crippen LogP contribution is 2.35. The number of nitrogens with one attached hydrogen (secondary N) is 2. The van der Waals surface area contributed by atoms with Crippen LogP contribution in [0.2, 0.25) is 0 Å². The molecule has 4 rings (SSSR count). The second-order valence-electron chi connectivity index (χ2n) is 6.34. The molecule has 3 N–H and O–H groups in total. The molecule has 0 aliphatic carbocycles. The fourth-order valence-electron chi connectivity index (χ4n) is 3.14. The van der Waals surface area contributed by atoms with Crippen LogP contribution in [0.1, 0.15) is 0 Å². The lowest BCUT2D eigenvalue weighted by atomic mass is 10.1. The first-order valence-corrected chi connectivity index (χ1v) is 10.1. The van der Waals surface area contributed by atoms with E-state index in [-0.39, 0.29) is 4.90 Å². The minimum atomic E-state index is -4.38. The fraction of sp³-hybridized carbons (Fsp3) is 0. The zero-order valence-corrected chi connectivity index (χ0v) is 15.6. The average molecular weight is 390 g/mol. The summed E-state index contributed by atoms with van der Waals surface area (Å²) in [4.78, 5) is -0.130. The summed E-state index contributed by atoms with van der Waals surface area (Å²) in [6.07, 6.45) is 0. The van der Waals surface area contributed by atoms with Crippen molar-refractivity contribution in [3.8, 4) is 0 Å². The van der Waals surface area contributed by atoms with Gasteiger partial charge in [0.25, 0.3) is 10.1 Å². The fourth-order valence-corrected chi connectivity index (χ4v) is 3.88. The molecular formula is C22H18N2O3S. The molecule has 4 aromatic carbocycles. The molecule has 6 heteroatoms. The average Bonchev–Trinajstić information content (AvgIpc) is 2.68. The van der Waals surface area contributed by atoms with E-state index in [1.54, 1.807) is 6.07 Å². The van der Waals surface area contributed by atoms with E-state index < -0.39 is 10.1 Å². The Hall–Kier alpha value is -3.35. The Morgan fingerprint density at radius 2 is 1.25 bits per heavy atom. The highest BCUT2D eigenvalue weighted by molar-refractivity contribution is 7.86.